The smallest absolute Gasteiger partial charge is 0.0132 e. The highest BCUT2D eigenvalue weighted by Crippen LogP contribution is 2.24. The Morgan fingerprint density at radius 1 is 0.367 bits per heavy atom. The van der Waals surface area contributed by atoms with Gasteiger partial charge in [-0.25, -0.2) is 0 Å². The summed E-state index contributed by atoms with van der Waals surface area (Å²) in [5.41, 5.74) is 7.99. The van der Waals surface area contributed by atoms with E-state index >= 15 is 0 Å². The predicted molar refractivity (Wildman–Crippen MR) is 135 cm³/mol. The van der Waals surface area contributed by atoms with Crippen LogP contribution in [-0.2, 0) is 10.8 Å². The van der Waals surface area contributed by atoms with E-state index in [9.17, 15) is 0 Å². The van der Waals surface area contributed by atoms with Gasteiger partial charge in [0.15, 0.2) is 0 Å². The van der Waals surface area contributed by atoms with Gasteiger partial charge in [0.1, 0.15) is 0 Å². The third-order valence-electron chi connectivity index (χ3n) is 5.43. The van der Waals surface area contributed by atoms with Crippen molar-refractivity contribution >= 4 is 24.3 Å². The first-order chi connectivity index (χ1) is 14.1. The SMILES string of the molecule is CC(C)(C)c1ccc(/C=C\c2ccc(/C=C/c3ccc(C(C)(C)C)cc3)cc2)cc1. The van der Waals surface area contributed by atoms with Crippen molar-refractivity contribution < 1.29 is 0 Å². The molecule has 0 spiro atoms. The third kappa shape index (κ3) is 6.07. The van der Waals surface area contributed by atoms with Gasteiger partial charge in [0.2, 0.25) is 0 Å². The van der Waals surface area contributed by atoms with Crippen LogP contribution in [-0.4, -0.2) is 0 Å². The fourth-order valence-electron chi connectivity index (χ4n) is 3.29. The van der Waals surface area contributed by atoms with Crippen LogP contribution in [0.4, 0.5) is 0 Å². The molecule has 3 rings (SSSR count). The van der Waals surface area contributed by atoms with Gasteiger partial charge in [-0.3, -0.25) is 0 Å². The van der Waals surface area contributed by atoms with Gasteiger partial charge < -0.3 is 0 Å². The highest BCUT2D eigenvalue weighted by molar-refractivity contribution is 5.73. The summed E-state index contributed by atoms with van der Waals surface area (Å²) >= 11 is 0. The maximum absolute atomic E-state index is 2.24. The van der Waals surface area contributed by atoms with Crippen LogP contribution < -0.4 is 0 Å². The van der Waals surface area contributed by atoms with Crippen LogP contribution in [0.1, 0.15) is 74.9 Å². The van der Waals surface area contributed by atoms with E-state index in [1.165, 1.54) is 33.4 Å². The zero-order chi connectivity index (χ0) is 21.8. The lowest BCUT2D eigenvalue weighted by Crippen LogP contribution is -2.10. The summed E-state index contributed by atoms with van der Waals surface area (Å²) in [4.78, 5) is 0. The van der Waals surface area contributed by atoms with E-state index < -0.39 is 0 Å². The number of hydrogen-bond acceptors (Lipinski definition) is 0. The Labute approximate surface area is 183 Å². The molecule has 0 N–H and O–H groups in total. The van der Waals surface area contributed by atoms with Gasteiger partial charge in [0.25, 0.3) is 0 Å². The third-order valence-corrected chi connectivity index (χ3v) is 5.43. The van der Waals surface area contributed by atoms with Gasteiger partial charge in [-0.2, -0.15) is 0 Å². The molecule has 0 amide bonds. The van der Waals surface area contributed by atoms with Crippen molar-refractivity contribution in [1.29, 1.82) is 0 Å². The van der Waals surface area contributed by atoms with E-state index in [2.05, 4.69) is 139 Å². The topological polar surface area (TPSA) is 0 Å². The first-order valence-corrected chi connectivity index (χ1v) is 10.8. The molecule has 154 valence electrons. The molecule has 0 saturated carbocycles. The molecule has 0 fully saturated rings. The Hall–Kier alpha value is -2.86. The lowest BCUT2D eigenvalue weighted by atomic mass is 9.86. The van der Waals surface area contributed by atoms with E-state index in [1.54, 1.807) is 0 Å². The number of rotatable bonds is 4. The normalized spacial score (nSPS) is 12.7. The molecule has 0 saturated heterocycles. The summed E-state index contributed by atoms with van der Waals surface area (Å²) in [6.07, 6.45) is 8.69. The van der Waals surface area contributed by atoms with Crippen molar-refractivity contribution in [3.8, 4) is 0 Å². The van der Waals surface area contributed by atoms with Gasteiger partial charge in [-0.05, 0) is 44.2 Å². The molecule has 30 heavy (non-hydrogen) atoms. The first kappa shape index (κ1) is 21.8. The van der Waals surface area contributed by atoms with Crippen molar-refractivity contribution in [3.63, 3.8) is 0 Å². The molecule has 0 nitrogen and oxygen atoms in total. The lowest BCUT2D eigenvalue weighted by molar-refractivity contribution is 0.590. The molecule has 0 aliphatic heterocycles. The van der Waals surface area contributed by atoms with Crippen LogP contribution in [0.3, 0.4) is 0 Å². The Morgan fingerprint density at radius 3 is 0.767 bits per heavy atom. The quantitative estimate of drug-likeness (QED) is 0.388. The van der Waals surface area contributed by atoms with Crippen molar-refractivity contribution in [2.24, 2.45) is 0 Å². The van der Waals surface area contributed by atoms with Crippen molar-refractivity contribution in [3.05, 3.63) is 106 Å². The average Bonchev–Trinajstić information content (AvgIpc) is 2.71. The van der Waals surface area contributed by atoms with Crippen molar-refractivity contribution in [2.75, 3.05) is 0 Å². The largest absolute Gasteiger partial charge is 0.0579 e. The van der Waals surface area contributed by atoms with Crippen LogP contribution >= 0.6 is 0 Å². The molecule has 3 aromatic rings. The zero-order valence-corrected chi connectivity index (χ0v) is 19.2. The second kappa shape index (κ2) is 8.88. The minimum absolute atomic E-state index is 0.195. The maximum Gasteiger partial charge on any atom is -0.0132 e. The van der Waals surface area contributed by atoms with Crippen molar-refractivity contribution in [2.45, 2.75) is 52.4 Å². The summed E-state index contributed by atoms with van der Waals surface area (Å²) in [7, 11) is 0. The fraction of sp³-hybridized carbons (Fsp3) is 0.267. The molecule has 0 aliphatic rings. The van der Waals surface area contributed by atoms with Gasteiger partial charge in [-0.1, -0.05) is 139 Å². The highest BCUT2D eigenvalue weighted by atomic mass is 14.2. The van der Waals surface area contributed by atoms with Crippen LogP contribution in [0.25, 0.3) is 24.3 Å². The van der Waals surface area contributed by atoms with Gasteiger partial charge in [0, 0.05) is 0 Å². The standard InChI is InChI=1S/C30H34/c1-29(2,3)27-19-15-25(16-20-27)13-11-23-7-9-24(10-8-23)12-14-26-17-21-28(22-18-26)30(4,5)6/h7-22H,1-6H3/b13-11-,14-12+. The molecule has 0 aliphatic carbocycles. The maximum atomic E-state index is 2.24. The first-order valence-electron chi connectivity index (χ1n) is 10.8. The Balaban J connectivity index is 1.63. The monoisotopic (exact) mass is 394 g/mol. The average molecular weight is 395 g/mol. The van der Waals surface area contributed by atoms with Crippen LogP contribution in [0.15, 0.2) is 72.8 Å². The second-order valence-electron chi connectivity index (χ2n) is 10.1. The Morgan fingerprint density at radius 2 is 0.567 bits per heavy atom. The minimum Gasteiger partial charge on any atom is -0.0579 e. The lowest BCUT2D eigenvalue weighted by Gasteiger charge is -2.18. The van der Waals surface area contributed by atoms with Gasteiger partial charge >= 0.3 is 0 Å². The molecule has 3 aromatic carbocycles. The fourth-order valence-corrected chi connectivity index (χ4v) is 3.29. The summed E-state index contributed by atoms with van der Waals surface area (Å²) < 4.78 is 0. The summed E-state index contributed by atoms with van der Waals surface area (Å²) in [5, 5.41) is 0. The molecular formula is C30H34. The summed E-state index contributed by atoms with van der Waals surface area (Å²) in [6, 6.07) is 26.3. The molecule has 0 heterocycles. The van der Waals surface area contributed by atoms with E-state index in [4.69, 9.17) is 0 Å². The number of benzene rings is 3. The molecule has 0 aromatic heterocycles. The predicted octanol–water partition coefficient (Wildman–Crippen LogP) is 8.62. The van der Waals surface area contributed by atoms with Crippen LogP contribution in [0, 0.1) is 0 Å². The Kier molecular flexibility index (Phi) is 6.46. The number of hydrogen-bond donors (Lipinski definition) is 0. The molecule has 0 unspecified atom stereocenters. The minimum atomic E-state index is 0.195. The van der Waals surface area contributed by atoms with E-state index in [-0.39, 0.29) is 10.8 Å². The molecule has 0 radical (unpaired) electrons. The van der Waals surface area contributed by atoms with E-state index in [1.807, 2.05) is 0 Å². The molecule has 0 atom stereocenters. The van der Waals surface area contributed by atoms with E-state index in [0.717, 1.165) is 0 Å². The molecule has 0 bridgehead atoms. The second-order valence-corrected chi connectivity index (χ2v) is 10.1. The molecular weight excluding hydrogens is 360 g/mol. The Bertz CT molecular complexity index is 911. The molecule has 0 heteroatoms. The van der Waals surface area contributed by atoms with Crippen LogP contribution in [0.5, 0.6) is 0 Å². The van der Waals surface area contributed by atoms with Crippen molar-refractivity contribution in [1.82, 2.24) is 0 Å². The zero-order valence-electron chi connectivity index (χ0n) is 19.2. The van der Waals surface area contributed by atoms with Gasteiger partial charge in [-0.15, -0.1) is 0 Å². The van der Waals surface area contributed by atoms with E-state index in [0.29, 0.717) is 0 Å². The highest BCUT2D eigenvalue weighted by Gasteiger charge is 2.13. The summed E-state index contributed by atoms with van der Waals surface area (Å²) in [6.45, 7) is 13.5. The van der Waals surface area contributed by atoms with Gasteiger partial charge in [0.05, 0.1) is 0 Å². The summed E-state index contributed by atoms with van der Waals surface area (Å²) in [5.74, 6) is 0. The van der Waals surface area contributed by atoms with Crippen LogP contribution in [0.2, 0.25) is 0 Å².